The SMILES string of the molecule is NC1CCCC(C(=O)Nc2ccc(NC(=O)C3CC3)cc2)C1. The molecule has 0 radical (unpaired) electrons. The second kappa shape index (κ2) is 6.48. The Bertz CT molecular complexity index is 552. The number of nitrogens with one attached hydrogen (secondary N) is 2. The third kappa shape index (κ3) is 3.85. The molecule has 2 aliphatic rings. The Labute approximate surface area is 130 Å². The molecule has 0 bridgehead atoms. The smallest absolute Gasteiger partial charge is 0.227 e. The molecule has 2 aliphatic carbocycles. The van der Waals surface area contributed by atoms with Gasteiger partial charge in [0.05, 0.1) is 0 Å². The van der Waals surface area contributed by atoms with Crippen LogP contribution in [-0.4, -0.2) is 17.9 Å². The number of carbonyl (C=O) groups is 2. The predicted octanol–water partition coefficient (Wildman–Crippen LogP) is 2.49. The molecule has 22 heavy (non-hydrogen) atoms. The topological polar surface area (TPSA) is 84.2 Å². The Balaban J connectivity index is 1.53. The summed E-state index contributed by atoms with van der Waals surface area (Å²) in [7, 11) is 0. The van der Waals surface area contributed by atoms with Gasteiger partial charge in [0.15, 0.2) is 0 Å². The number of hydrogen-bond acceptors (Lipinski definition) is 3. The molecule has 2 fully saturated rings. The van der Waals surface area contributed by atoms with Gasteiger partial charge in [0, 0.05) is 29.3 Å². The number of rotatable bonds is 4. The van der Waals surface area contributed by atoms with Crippen LogP contribution in [0.2, 0.25) is 0 Å². The van der Waals surface area contributed by atoms with Gasteiger partial charge in [-0.1, -0.05) is 6.42 Å². The largest absolute Gasteiger partial charge is 0.328 e. The van der Waals surface area contributed by atoms with E-state index < -0.39 is 0 Å². The number of nitrogens with two attached hydrogens (primary N) is 1. The minimum atomic E-state index is 0.0120. The summed E-state index contributed by atoms with van der Waals surface area (Å²) in [5.41, 5.74) is 7.46. The maximum Gasteiger partial charge on any atom is 0.227 e. The van der Waals surface area contributed by atoms with Crippen molar-refractivity contribution in [2.75, 3.05) is 10.6 Å². The normalized spacial score (nSPS) is 24.6. The van der Waals surface area contributed by atoms with Gasteiger partial charge in [0.2, 0.25) is 11.8 Å². The zero-order chi connectivity index (χ0) is 15.5. The third-order valence-electron chi connectivity index (χ3n) is 4.45. The van der Waals surface area contributed by atoms with Gasteiger partial charge < -0.3 is 16.4 Å². The van der Waals surface area contributed by atoms with Gasteiger partial charge >= 0.3 is 0 Å². The number of anilines is 2. The van der Waals surface area contributed by atoms with Gasteiger partial charge in [-0.15, -0.1) is 0 Å². The molecule has 2 unspecified atom stereocenters. The van der Waals surface area contributed by atoms with Crippen LogP contribution in [0.3, 0.4) is 0 Å². The van der Waals surface area contributed by atoms with Crippen molar-refractivity contribution in [2.45, 2.75) is 44.6 Å². The van der Waals surface area contributed by atoms with Gasteiger partial charge in [-0.05, 0) is 56.4 Å². The van der Waals surface area contributed by atoms with E-state index in [0.717, 1.165) is 49.9 Å². The lowest BCUT2D eigenvalue weighted by Gasteiger charge is -2.25. The van der Waals surface area contributed by atoms with E-state index in [0.29, 0.717) is 0 Å². The van der Waals surface area contributed by atoms with Crippen molar-refractivity contribution in [3.05, 3.63) is 24.3 Å². The Kier molecular flexibility index (Phi) is 4.43. The number of benzene rings is 1. The van der Waals surface area contributed by atoms with Crippen molar-refractivity contribution in [2.24, 2.45) is 17.6 Å². The summed E-state index contributed by atoms with van der Waals surface area (Å²) in [5.74, 6) is 0.339. The standard InChI is InChI=1S/C17H23N3O2/c18-13-3-1-2-12(10-13)17(22)20-15-8-6-14(7-9-15)19-16(21)11-4-5-11/h6-9,11-13H,1-5,10,18H2,(H,19,21)(H,20,22). The molecule has 2 saturated carbocycles. The molecule has 0 aliphatic heterocycles. The van der Waals surface area contributed by atoms with E-state index in [-0.39, 0.29) is 29.7 Å². The fourth-order valence-corrected chi connectivity index (χ4v) is 2.94. The van der Waals surface area contributed by atoms with Gasteiger partial charge in [-0.25, -0.2) is 0 Å². The summed E-state index contributed by atoms with van der Waals surface area (Å²) in [4.78, 5) is 23.9. The molecule has 5 nitrogen and oxygen atoms in total. The number of hydrogen-bond donors (Lipinski definition) is 3. The Morgan fingerprint density at radius 3 is 1.91 bits per heavy atom. The average molecular weight is 301 g/mol. The highest BCUT2D eigenvalue weighted by Crippen LogP contribution is 2.30. The molecule has 118 valence electrons. The van der Waals surface area contributed by atoms with E-state index in [2.05, 4.69) is 10.6 Å². The zero-order valence-corrected chi connectivity index (χ0v) is 12.7. The van der Waals surface area contributed by atoms with E-state index in [9.17, 15) is 9.59 Å². The average Bonchev–Trinajstić information content (AvgIpc) is 3.34. The molecular weight excluding hydrogens is 278 g/mol. The Morgan fingerprint density at radius 2 is 1.41 bits per heavy atom. The van der Waals surface area contributed by atoms with E-state index >= 15 is 0 Å². The van der Waals surface area contributed by atoms with Crippen LogP contribution in [0.25, 0.3) is 0 Å². The molecule has 0 saturated heterocycles. The van der Waals surface area contributed by atoms with Crippen molar-refractivity contribution < 1.29 is 9.59 Å². The highest BCUT2D eigenvalue weighted by molar-refractivity contribution is 5.95. The van der Waals surface area contributed by atoms with Gasteiger partial charge in [-0.3, -0.25) is 9.59 Å². The molecule has 0 aromatic heterocycles. The van der Waals surface area contributed by atoms with Crippen LogP contribution in [0.5, 0.6) is 0 Å². The first kappa shape index (κ1) is 15.0. The highest BCUT2D eigenvalue weighted by Gasteiger charge is 2.29. The summed E-state index contributed by atoms with van der Waals surface area (Å²) in [6.45, 7) is 0. The fourth-order valence-electron chi connectivity index (χ4n) is 2.94. The van der Waals surface area contributed by atoms with Crippen LogP contribution in [0.15, 0.2) is 24.3 Å². The number of carbonyl (C=O) groups excluding carboxylic acids is 2. The molecule has 0 heterocycles. The van der Waals surface area contributed by atoms with Crippen LogP contribution >= 0.6 is 0 Å². The number of amides is 2. The van der Waals surface area contributed by atoms with Crippen molar-refractivity contribution >= 4 is 23.2 Å². The van der Waals surface area contributed by atoms with Crippen LogP contribution in [0.4, 0.5) is 11.4 Å². The van der Waals surface area contributed by atoms with Gasteiger partial charge in [-0.2, -0.15) is 0 Å². The summed E-state index contributed by atoms with van der Waals surface area (Å²) < 4.78 is 0. The third-order valence-corrected chi connectivity index (χ3v) is 4.45. The fraction of sp³-hybridized carbons (Fsp3) is 0.529. The van der Waals surface area contributed by atoms with Crippen LogP contribution in [0, 0.1) is 11.8 Å². The van der Waals surface area contributed by atoms with Gasteiger partial charge in [0.25, 0.3) is 0 Å². The first-order valence-corrected chi connectivity index (χ1v) is 8.09. The maximum atomic E-state index is 12.2. The molecule has 5 heteroatoms. The summed E-state index contributed by atoms with van der Waals surface area (Å²) in [5, 5.41) is 5.83. The Hall–Kier alpha value is -1.88. The van der Waals surface area contributed by atoms with E-state index in [1.54, 1.807) is 0 Å². The predicted molar refractivity (Wildman–Crippen MR) is 86.4 cm³/mol. The summed E-state index contributed by atoms with van der Waals surface area (Å²) in [6.07, 6.45) is 5.69. The maximum absolute atomic E-state index is 12.2. The second-order valence-electron chi connectivity index (χ2n) is 6.45. The Morgan fingerprint density at radius 1 is 0.864 bits per heavy atom. The second-order valence-corrected chi connectivity index (χ2v) is 6.45. The van der Waals surface area contributed by atoms with E-state index in [1.807, 2.05) is 24.3 Å². The van der Waals surface area contributed by atoms with Crippen molar-refractivity contribution in [1.82, 2.24) is 0 Å². The van der Waals surface area contributed by atoms with Crippen LogP contribution in [-0.2, 0) is 9.59 Å². The van der Waals surface area contributed by atoms with Crippen molar-refractivity contribution in [3.8, 4) is 0 Å². The minimum Gasteiger partial charge on any atom is -0.328 e. The van der Waals surface area contributed by atoms with Crippen LogP contribution in [0.1, 0.15) is 38.5 Å². The van der Waals surface area contributed by atoms with E-state index in [1.165, 1.54) is 0 Å². The van der Waals surface area contributed by atoms with Crippen LogP contribution < -0.4 is 16.4 Å². The minimum absolute atomic E-state index is 0.0120. The quantitative estimate of drug-likeness (QED) is 0.799. The summed E-state index contributed by atoms with van der Waals surface area (Å²) >= 11 is 0. The lowest BCUT2D eigenvalue weighted by Crippen LogP contribution is -2.34. The molecule has 2 amide bonds. The molecule has 1 aromatic carbocycles. The lowest BCUT2D eigenvalue weighted by atomic mass is 9.85. The summed E-state index contributed by atoms with van der Waals surface area (Å²) in [6, 6.07) is 7.43. The van der Waals surface area contributed by atoms with Crippen molar-refractivity contribution in [3.63, 3.8) is 0 Å². The van der Waals surface area contributed by atoms with Crippen molar-refractivity contribution in [1.29, 1.82) is 0 Å². The first-order valence-electron chi connectivity index (χ1n) is 8.09. The highest BCUT2D eigenvalue weighted by atomic mass is 16.2. The zero-order valence-electron chi connectivity index (χ0n) is 12.7. The molecule has 3 rings (SSSR count). The molecule has 4 N–H and O–H groups in total. The monoisotopic (exact) mass is 301 g/mol. The molecule has 0 spiro atoms. The van der Waals surface area contributed by atoms with Gasteiger partial charge in [0.1, 0.15) is 0 Å². The van der Waals surface area contributed by atoms with E-state index in [4.69, 9.17) is 5.73 Å². The first-order chi connectivity index (χ1) is 10.6. The lowest BCUT2D eigenvalue weighted by molar-refractivity contribution is -0.121. The molecule has 2 atom stereocenters. The molecular formula is C17H23N3O2. The molecule has 1 aromatic rings.